The Morgan fingerprint density at radius 1 is 0.875 bits per heavy atom. The van der Waals surface area contributed by atoms with Crippen molar-refractivity contribution in [1.29, 1.82) is 0 Å². The molecular formula is C26H26N2O3S. The number of unbranched alkanes of at least 4 members (excludes halogenated alkanes) is 1. The number of nitrogens with one attached hydrogen (secondary N) is 1. The van der Waals surface area contributed by atoms with E-state index in [1.807, 2.05) is 30.3 Å². The van der Waals surface area contributed by atoms with Crippen LogP contribution in [0.25, 0.3) is 10.9 Å². The van der Waals surface area contributed by atoms with Crippen molar-refractivity contribution < 1.29 is 13.2 Å². The van der Waals surface area contributed by atoms with Gasteiger partial charge in [-0.25, -0.2) is 8.42 Å². The summed E-state index contributed by atoms with van der Waals surface area (Å²) < 4.78 is 25.3. The summed E-state index contributed by atoms with van der Waals surface area (Å²) in [4.78, 5) is 20.0. The van der Waals surface area contributed by atoms with Crippen LogP contribution in [-0.4, -0.2) is 29.9 Å². The molecule has 0 saturated heterocycles. The van der Waals surface area contributed by atoms with E-state index in [1.165, 1.54) is 5.56 Å². The van der Waals surface area contributed by atoms with Crippen molar-refractivity contribution in [1.82, 2.24) is 9.97 Å². The number of nitrogens with zero attached hydrogens (tertiary/aromatic N) is 1. The molecule has 6 heteroatoms. The Hall–Kier alpha value is -3.25. The molecule has 4 rings (SSSR count). The number of Topliss-reactive ketones (excluding diaryl/α,β-unsaturated/α-hetero) is 1. The molecule has 2 heterocycles. The third-order valence-corrected chi connectivity index (χ3v) is 7.43. The third-order valence-electron chi connectivity index (χ3n) is 5.62. The van der Waals surface area contributed by atoms with Crippen LogP contribution >= 0.6 is 0 Å². The van der Waals surface area contributed by atoms with Gasteiger partial charge in [-0.05, 0) is 61.1 Å². The number of pyridine rings is 1. The summed E-state index contributed by atoms with van der Waals surface area (Å²) in [7, 11) is -3.30. The van der Waals surface area contributed by atoms with Crippen molar-refractivity contribution >= 4 is 26.5 Å². The predicted molar refractivity (Wildman–Crippen MR) is 127 cm³/mol. The molecule has 164 valence electrons. The summed E-state index contributed by atoms with van der Waals surface area (Å²) in [5, 5.41) is 0.911. The summed E-state index contributed by atoms with van der Waals surface area (Å²) >= 11 is 0. The number of aromatic nitrogens is 2. The lowest BCUT2D eigenvalue weighted by Crippen LogP contribution is -2.07. The minimum absolute atomic E-state index is 0.0244. The second-order valence-electron chi connectivity index (χ2n) is 7.97. The zero-order chi connectivity index (χ0) is 22.4. The molecular weight excluding hydrogens is 420 g/mol. The molecule has 2 aromatic carbocycles. The van der Waals surface area contributed by atoms with Gasteiger partial charge < -0.3 is 4.98 Å². The zero-order valence-electron chi connectivity index (χ0n) is 17.8. The van der Waals surface area contributed by atoms with E-state index in [0.717, 1.165) is 29.3 Å². The van der Waals surface area contributed by atoms with Crippen LogP contribution in [0.4, 0.5) is 0 Å². The molecule has 0 saturated carbocycles. The molecule has 0 atom stereocenters. The quantitative estimate of drug-likeness (QED) is 0.269. The second kappa shape index (κ2) is 9.92. The van der Waals surface area contributed by atoms with Crippen LogP contribution in [0.5, 0.6) is 0 Å². The van der Waals surface area contributed by atoms with Gasteiger partial charge in [0.1, 0.15) is 0 Å². The number of aryl methyl sites for hydroxylation is 2. The van der Waals surface area contributed by atoms with Crippen molar-refractivity contribution in [2.24, 2.45) is 0 Å². The van der Waals surface area contributed by atoms with Gasteiger partial charge in [0.25, 0.3) is 0 Å². The topological polar surface area (TPSA) is 79.9 Å². The smallest absolute Gasteiger partial charge is 0.179 e. The monoisotopic (exact) mass is 446 g/mol. The van der Waals surface area contributed by atoms with Crippen LogP contribution in [0.1, 0.15) is 40.9 Å². The maximum Gasteiger partial charge on any atom is 0.179 e. The van der Waals surface area contributed by atoms with Crippen molar-refractivity contribution in [3.8, 4) is 0 Å². The number of carbonyl (C=O) groups is 1. The molecule has 0 fully saturated rings. The molecule has 0 spiro atoms. The van der Waals surface area contributed by atoms with Crippen molar-refractivity contribution in [2.45, 2.75) is 37.0 Å². The Morgan fingerprint density at radius 3 is 2.38 bits per heavy atom. The number of hydrogen-bond donors (Lipinski definition) is 1. The van der Waals surface area contributed by atoms with Crippen LogP contribution in [0.15, 0.2) is 84.0 Å². The average Bonchev–Trinajstić information content (AvgIpc) is 3.26. The van der Waals surface area contributed by atoms with Crippen LogP contribution in [0.2, 0.25) is 0 Å². The third kappa shape index (κ3) is 5.51. The molecule has 0 aliphatic rings. The summed E-state index contributed by atoms with van der Waals surface area (Å²) in [6.45, 7) is 0. The maximum absolute atomic E-state index is 12.6. The zero-order valence-corrected chi connectivity index (χ0v) is 18.6. The van der Waals surface area contributed by atoms with E-state index < -0.39 is 9.84 Å². The standard InChI is InChI=1S/C26H26N2O3S/c29-26(25-18-22-19-27-16-15-24(22)28-25)14-11-21-9-12-23(13-10-21)32(30,31)17-5-4-8-20-6-2-1-3-7-20/h1-3,6-7,9-10,12-13,15-16,18-19,28H,4-5,8,11,14,17H2. The average molecular weight is 447 g/mol. The lowest BCUT2D eigenvalue weighted by atomic mass is 10.1. The maximum atomic E-state index is 12.6. The second-order valence-corrected chi connectivity index (χ2v) is 10.1. The Morgan fingerprint density at radius 2 is 1.62 bits per heavy atom. The fourth-order valence-electron chi connectivity index (χ4n) is 3.76. The van der Waals surface area contributed by atoms with Gasteiger partial charge in [-0.1, -0.05) is 42.5 Å². The molecule has 0 unspecified atom stereocenters. The van der Waals surface area contributed by atoms with E-state index in [0.29, 0.717) is 29.9 Å². The first-order valence-electron chi connectivity index (χ1n) is 10.8. The van der Waals surface area contributed by atoms with Gasteiger partial charge in [-0.3, -0.25) is 9.78 Å². The molecule has 0 aliphatic carbocycles. The Bertz CT molecular complexity index is 1260. The normalized spacial score (nSPS) is 11.6. The van der Waals surface area contributed by atoms with Crippen molar-refractivity contribution in [3.63, 3.8) is 0 Å². The molecule has 0 aliphatic heterocycles. The number of carbonyl (C=O) groups excluding carboxylic acids is 1. The SMILES string of the molecule is O=C(CCc1ccc(S(=O)(=O)CCCCc2ccccc2)cc1)c1cc2cnccc2[nH]1. The molecule has 4 aromatic rings. The lowest BCUT2D eigenvalue weighted by Gasteiger charge is -2.06. The van der Waals surface area contributed by atoms with Gasteiger partial charge in [0, 0.05) is 29.7 Å². The minimum Gasteiger partial charge on any atom is -0.352 e. The minimum atomic E-state index is -3.30. The van der Waals surface area contributed by atoms with Gasteiger partial charge in [-0.2, -0.15) is 0 Å². The highest BCUT2D eigenvalue weighted by atomic mass is 32.2. The Kier molecular flexibility index (Phi) is 6.81. The van der Waals surface area contributed by atoms with E-state index in [-0.39, 0.29) is 11.5 Å². The van der Waals surface area contributed by atoms with E-state index in [9.17, 15) is 13.2 Å². The number of ketones is 1. The number of H-pyrrole nitrogens is 1. The van der Waals surface area contributed by atoms with E-state index in [2.05, 4.69) is 22.1 Å². The highest BCUT2D eigenvalue weighted by molar-refractivity contribution is 7.91. The number of aromatic amines is 1. The number of sulfone groups is 1. The van der Waals surface area contributed by atoms with E-state index >= 15 is 0 Å². The van der Waals surface area contributed by atoms with Crippen LogP contribution in [0.3, 0.4) is 0 Å². The summed E-state index contributed by atoms with van der Waals surface area (Å²) in [6.07, 6.45) is 6.68. The van der Waals surface area contributed by atoms with Gasteiger partial charge in [0.2, 0.25) is 0 Å². The van der Waals surface area contributed by atoms with Crippen LogP contribution in [0, 0.1) is 0 Å². The molecule has 0 radical (unpaired) electrons. The molecule has 0 amide bonds. The highest BCUT2D eigenvalue weighted by Crippen LogP contribution is 2.18. The molecule has 1 N–H and O–H groups in total. The first-order chi connectivity index (χ1) is 15.5. The summed E-state index contributed by atoms with van der Waals surface area (Å²) in [6, 6.07) is 20.7. The van der Waals surface area contributed by atoms with E-state index in [4.69, 9.17) is 0 Å². The van der Waals surface area contributed by atoms with Gasteiger partial charge >= 0.3 is 0 Å². The Balaban J connectivity index is 1.28. The molecule has 32 heavy (non-hydrogen) atoms. The first-order valence-corrected chi connectivity index (χ1v) is 12.5. The fourth-order valence-corrected chi connectivity index (χ4v) is 5.13. The fraction of sp³-hybridized carbons (Fsp3) is 0.231. The Labute approximate surface area is 188 Å². The summed E-state index contributed by atoms with van der Waals surface area (Å²) in [5.41, 5.74) is 3.64. The summed E-state index contributed by atoms with van der Waals surface area (Å²) in [5.74, 6) is 0.170. The number of fused-ring (bicyclic) bond motifs is 1. The van der Waals surface area contributed by atoms with Crippen molar-refractivity contribution in [2.75, 3.05) is 5.75 Å². The number of hydrogen-bond acceptors (Lipinski definition) is 4. The van der Waals surface area contributed by atoms with Crippen LogP contribution in [-0.2, 0) is 22.7 Å². The highest BCUT2D eigenvalue weighted by Gasteiger charge is 2.15. The number of benzene rings is 2. The molecule has 0 bridgehead atoms. The molecule has 5 nitrogen and oxygen atoms in total. The number of rotatable bonds is 10. The van der Waals surface area contributed by atoms with Crippen LogP contribution < -0.4 is 0 Å². The van der Waals surface area contributed by atoms with Gasteiger partial charge in [-0.15, -0.1) is 0 Å². The predicted octanol–water partition coefficient (Wildman–Crippen LogP) is 5.18. The van der Waals surface area contributed by atoms with Crippen molar-refractivity contribution in [3.05, 3.63) is 95.9 Å². The first kappa shape index (κ1) is 22.0. The molecule has 2 aromatic heterocycles. The van der Waals surface area contributed by atoms with Gasteiger partial charge in [0.05, 0.1) is 16.3 Å². The lowest BCUT2D eigenvalue weighted by molar-refractivity contribution is 0.0979. The van der Waals surface area contributed by atoms with E-state index in [1.54, 1.807) is 36.7 Å². The largest absolute Gasteiger partial charge is 0.352 e. The van der Waals surface area contributed by atoms with Gasteiger partial charge in [0.15, 0.2) is 15.6 Å².